The van der Waals surface area contributed by atoms with Crippen LogP contribution in [0.2, 0.25) is 0 Å². The fourth-order valence-electron chi connectivity index (χ4n) is 1.03. The maximum Gasteiger partial charge on any atom is 0.149 e. The number of nitrogens with zero attached hydrogens (tertiary/aromatic N) is 1. The molecular weight excluding hydrogens is 224 g/mol. The Hall–Kier alpha value is -0.0600. The second-order valence-corrected chi connectivity index (χ2v) is 7.01. The second kappa shape index (κ2) is 5.87. The third-order valence-electron chi connectivity index (χ3n) is 1.88. The number of hydrogen-bond acceptors (Lipinski definition) is 4. The number of rotatable bonds is 5. The molecule has 1 heterocycles. The van der Waals surface area contributed by atoms with Crippen LogP contribution in [0, 0.1) is 5.92 Å². The van der Waals surface area contributed by atoms with Gasteiger partial charge in [-0.3, -0.25) is 0 Å². The zero-order valence-corrected chi connectivity index (χ0v) is 11.5. The predicted molar refractivity (Wildman–Crippen MR) is 69.8 cm³/mol. The highest BCUT2D eigenvalue weighted by molar-refractivity contribution is 8.01. The largest absolute Gasteiger partial charge is 0.312 e. The summed E-state index contributed by atoms with van der Waals surface area (Å²) >= 11 is 3.57. The first-order valence-electron chi connectivity index (χ1n) is 5.25. The maximum absolute atomic E-state index is 4.26. The van der Waals surface area contributed by atoms with Gasteiger partial charge in [0.15, 0.2) is 0 Å². The molecular formula is C11H20N2S2. The minimum Gasteiger partial charge on any atom is -0.312 e. The van der Waals surface area contributed by atoms with Crippen molar-refractivity contribution < 1.29 is 0 Å². The van der Waals surface area contributed by atoms with Crippen molar-refractivity contribution in [1.29, 1.82) is 0 Å². The number of hydrogen-bond donors (Lipinski definition) is 1. The molecule has 0 aliphatic heterocycles. The van der Waals surface area contributed by atoms with Crippen molar-refractivity contribution in [2.75, 3.05) is 12.3 Å². The third-order valence-corrected chi connectivity index (χ3v) is 4.18. The van der Waals surface area contributed by atoms with Gasteiger partial charge in [0.1, 0.15) is 4.34 Å². The Bertz CT molecular complexity index is 265. The van der Waals surface area contributed by atoms with Crippen molar-refractivity contribution in [3.05, 3.63) is 11.6 Å². The van der Waals surface area contributed by atoms with E-state index in [0.29, 0.717) is 5.92 Å². The highest BCUT2D eigenvalue weighted by Gasteiger charge is 2.11. The lowest BCUT2D eigenvalue weighted by Crippen LogP contribution is -2.39. The molecule has 1 rings (SSSR count). The quantitative estimate of drug-likeness (QED) is 0.805. The first kappa shape index (κ1) is 13.0. The average molecular weight is 244 g/mol. The lowest BCUT2D eigenvalue weighted by Gasteiger charge is -2.23. The molecule has 15 heavy (non-hydrogen) atoms. The van der Waals surface area contributed by atoms with Crippen LogP contribution in [0.15, 0.2) is 15.9 Å². The summed E-state index contributed by atoms with van der Waals surface area (Å²) in [5, 5.41) is 5.55. The van der Waals surface area contributed by atoms with Crippen LogP contribution in [0.3, 0.4) is 0 Å². The summed E-state index contributed by atoms with van der Waals surface area (Å²) in [6.45, 7) is 9.95. The Morgan fingerprint density at radius 2 is 2.27 bits per heavy atom. The van der Waals surface area contributed by atoms with Gasteiger partial charge >= 0.3 is 0 Å². The van der Waals surface area contributed by atoms with E-state index < -0.39 is 0 Å². The van der Waals surface area contributed by atoms with Gasteiger partial charge in [-0.15, -0.1) is 11.3 Å². The molecule has 0 aliphatic rings. The molecule has 1 aromatic heterocycles. The van der Waals surface area contributed by atoms with Crippen molar-refractivity contribution >= 4 is 23.1 Å². The van der Waals surface area contributed by atoms with Crippen LogP contribution in [0.25, 0.3) is 0 Å². The van der Waals surface area contributed by atoms with Gasteiger partial charge in [0, 0.05) is 22.9 Å². The van der Waals surface area contributed by atoms with Gasteiger partial charge in [0.2, 0.25) is 0 Å². The molecule has 0 saturated heterocycles. The van der Waals surface area contributed by atoms with E-state index in [1.54, 1.807) is 11.3 Å². The Morgan fingerprint density at radius 3 is 2.80 bits per heavy atom. The van der Waals surface area contributed by atoms with Crippen LogP contribution < -0.4 is 5.32 Å². The summed E-state index contributed by atoms with van der Waals surface area (Å²) in [6, 6.07) is 0. The molecule has 0 radical (unpaired) electrons. The lowest BCUT2D eigenvalue weighted by atomic mass is 10.1. The van der Waals surface area contributed by atoms with Crippen molar-refractivity contribution in [1.82, 2.24) is 10.3 Å². The highest BCUT2D eigenvalue weighted by Crippen LogP contribution is 2.22. The van der Waals surface area contributed by atoms with Gasteiger partial charge in [-0.05, 0) is 33.2 Å². The summed E-state index contributed by atoms with van der Waals surface area (Å²) in [4.78, 5) is 4.26. The molecule has 0 spiro atoms. The van der Waals surface area contributed by atoms with E-state index >= 15 is 0 Å². The average Bonchev–Trinajstić information content (AvgIpc) is 2.62. The van der Waals surface area contributed by atoms with Gasteiger partial charge in [-0.2, -0.15) is 0 Å². The third kappa shape index (κ3) is 6.17. The fourth-order valence-corrected chi connectivity index (χ4v) is 2.72. The predicted octanol–water partition coefficient (Wildman–Crippen LogP) is 3.26. The monoisotopic (exact) mass is 244 g/mol. The standard InChI is InChI=1S/C11H20N2S2/c1-9(7-13-11(2,3)4)8-15-10-12-5-6-14-10/h5-6,9,13H,7-8H2,1-4H3. The zero-order valence-electron chi connectivity index (χ0n) is 9.91. The molecule has 0 bridgehead atoms. The summed E-state index contributed by atoms with van der Waals surface area (Å²) in [5.74, 6) is 1.81. The van der Waals surface area contributed by atoms with E-state index in [0.717, 1.165) is 12.3 Å². The first-order valence-corrected chi connectivity index (χ1v) is 7.11. The molecule has 1 atom stereocenters. The molecule has 0 fully saturated rings. The summed E-state index contributed by atoms with van der Waals surface area (Å²) in [7, 11) is 0. The molecule has 0 aromatic carbocycles. The van der Waals surface area contributed by atoms with E-state index in [1.165, 1.54) is 4.34 Å². The SMILES string of the molecule is CC(CNC(C)(C)C)CSc1nccs1. The van der Waals surface area contributed by atoms with Crippen LogP contribution in [0.1, 0.15) is 27.7 Å². The Kier molecular flexibility index (Phi) is 5.09. The minimum atomic E-state index is 0.222. The molecule has 2 nitrogen and oxygen atoms in total. The molecule has 0 saturated carbocycles. The molecule has 0 aliphatic carbocycles. The van der Waals surface area contributed by atoms with Crippen LogP contribution in [-0.4, -0.2) is 22.8 Å². The van der Waals surface area contributed by atoms with Crippen LogP contribution in [-0.2, 0) is 0 Å². The molecule has 86 valence electrons. The van der Waals surface area contributed by atoms with Crippen LogP contribution in [0.4, 0.5) is 0 Å². The Morgan fingerprint density at radius 1 is 1.53 bits per heavy atom. The van der Waals surface area contributed by atoms with E-state index in [-0.39, 0.29) is 5.54 Å². The first-order chi connectivity index (χ1) is 6.97. The summed E-state index contributed by atoms with van der Waals surface area (Å²) < 4.78 is 1.18. The molecule has 1 unspecified atom stereocenters. The normalized spacial score (nSPS) is 14.1. The van der Waals surface area contributed by atoms with Crippen molar-refractivity contribution in [2.24, 2.45) is 5.92 Å². The minimum absolute atomic E-state index is 0.222. The zero-order chi connectivity index (χ0) is 11.3. The van der Waals surface area contributed by atoms with E-state index in [2.05, 4.69) is 38.0 Å². The van der Waals surface area contributed by atoms with E-state index in [1.807, 2.05) is 23.3 Å². The van der Waals surface area contributed by atoms with Gasteiger partial charge in [0.05, 0.1) is 0 Å². The van der Waals surface area contributed by atoms with Crippen LogP contribution in [0.5, 0.6) is 0 Å². The fraction of sp³-hybridized carbons (Fsp3) is 0.727. The molecule has 4 heteroatoms. The second-order valence-electron chi connectivity index (χ2n) is 4.85. The number of thioether (sulfide) groups is 1. The number of thiazole rings is 1. The smallest absolute Gasteiger partial charge is 0.149 e. The Balaban J connectivity index is 2.16. The maximum atomic E-state index is 4.26. The molecule has 1 aromatic rings. The van der Waals surface area contributed by atoms with E-state index in [4.69, 9.17) is 0 Å². The van der Waals surface area contributed by atoms with Crippen molar-refractivity contribution in [3.8, 4) is 0 Å². The molecule has 1 N–H and O–H groups in total. The number of aromatic nitrogens is 1. The highest BCUT2D eigenvalue weighted by atomic mass is 32.2. The van der Waals surface area contributed by atoms with Crippen LogP contribution >= 0.6 is 23.1 Å². The van der Waals surface area contributed by atoms with Crippen molar-refractivity contribution in [3.63, 3.8) is 0 Å². The van der Waals surface area contributed by atoms with Gasteiger partial charge in [-0.1, -0.05) is 18.7 Å². The van der Waals surface area contributed by atoms with Gasteiger partial charge in [-0.25, -0.2) is 4.98 Å². The molecule has 0 amide bonds. The van der Waals surface area contributed by atoms with Crippen molar-refractivity contribution in [2.45, 2.75) is 37.6 Å². The Labute approximate surface area is 101 Å². The summed E-state index contributed by atoms with van der Waals surface area (Å²) in [6.07, 6.45) is 1.87. The number of nitrogens with one attached hydrogen (secondary N) is 1. The topological polar surface area (TPSA) is 24.9 Å². The van der Waals surface area contributed by atoms with Gasteiger partial charge < -0.3 is 5.32 Å². The van der Waals surface area contributed by atoms with Gasteiger partial charge in [0.25, 0.3) is 0 Å². The lowest BCUT2D eigenvalue weighted by molar-refractivity contribution is 0.395. The summed E-state index contributed by atoms with van der Waals surface area (Å²) in [5.41, 5.74) is 0.222. The van der Waals surface area contributed by atoms with E-state index in [9.17, 15) is 0 Å².